The molecule has 1 amide bonds. The van der Waals surface area contributed by atoms with Gasteiger partial charge < -0.3 is 15.5 Å². The van der Waals surface area contributed by atoms with E-state index in [1.807, 2.05) is 14.1 Å². The van der Waals surface area contributed by atoms with Crippen LogP contribution in [0, 0.1) is 0 Å². The highest BCUT2D eigenvalue weighted by Crippen LogP contribution is 2.19. The fourth-order valence-corrected chi connectivity index (χ4v) is 3.90. The predicted molar refractivity (Wildman–Crippen MR) is 104 cm³/mol. The number of aliphatic imine (C=N–C) groups is 1. The van der Waals surface area contributed by atoms with Crippen LogP contribution < -0.4 is 10.6 Å². The number of amides is 1. The molecule has 1 saturated carbocycles. The molecule has 1 heterocycles. The molecule has 1 unspecified atom stereocenters. The molecule has 1 saturated heterocycles. The summed E-state index contributed by atoms with van der Waals surface area (Å²) in [6.45, 7) is 5.80. The van der Waals surface area contributed by atoms with Gasteiger partial charge in [-0.05, 0) is 45.6 Å². The minimum Gasteiger partial charge on any atom is -0.357 e. The summed E-state index contributed by atoms with van der Waals surface area (Å²) in [5, 5.41) is 6.96. The molecule has 6 nitrogen and oxygen atoms in total. The fraction of sp³-hybridized carbons (Fsp3) is 0.895. The molecule has 1 aliphatic carbocycles. The highest BCUT2D eigenvalue weighted by Gasteiger charge is 2.30. The van der Waals surface area contributed by atoms with Gasteiger partial charge in [-0.25, -0.2) is 0 Å². The molecular weight excluding hydrogens is 314 g/mol. The minimum atomic E-state index is 0.0765. The molecule has 2 fully saturated rings. The monoisotopic (exact) mass is 351 g/mol. The van der Waals surface area contributed by atoms with E-state index in [-0.39, 0.29) is 11.9 Å². The Morgan fingerprint density at radius 3 is 2.60 bits per heavy atom. The highest BCUT2D eigenvalue weighted by atomic mass is 16.2. The van der Waals surface area contributed by atoms with E-state index in [9.17, 15) is 4.79 Å². The van der Waals surface area contributed by atoms with E-state index in [2.05, 4.69) is 22.5 Å². The zero-order valence-corrected chi connectivity index (χ0v) is 16.4. The Bertz CT molecular complexity index is 432. The molecule has 0 spiro atoms. The lowest BCUT2D eigenvalue weighted by Crippen LogP contribution is -2.44. The van der Waals surface area contributed by atoms with Crippen molar-refractivity contribution in [2.75, 3.05) is 40.3 Å². The molecule has 25 heavy (non-hydrogen) atoms. The van der Waals surface area contributed by atoms with Crippen LogP contribution in [-0.2, 0) is 4.79 Å². The van der Waals surface area contributed by atoms with Gasteiger partial charge in [0, 0.05) is 39.8 Å². The van der Waals surface area contributed by atoms with Gasteiger partial charge in [0.2, 0.25) is 5.91 Å². The molecule has 0 bridgehead atoms. The smallest absolute Gasteiger partial charge is 0.239 e. The lowest BCUT2D eigenvalue weighted by Gasteiger charge is -2.26. The van der Waals surface area contributed by atoms with E-state index in [4.69, 9.17) is 4.99 Å². The minimum absolute atomic E-state index is 0.0765. The second-order valence-electron chi connectivity index (χ2n) is 7.52. The number of guanidine groups is 1. The van der Waals surface area contributed by atoms with E-state index in [1.165, 1.54) is 32.1 Å². The van der Waals surface area contributed by atoms with Crippen LogP contribution in [0.1, 0.15) is 58.3 Å². The molecule has 2 aliphatic rings. The van der Waals surface area contributed by atoms with Crippen LogP contribution in [0.3, 0.4) is 0 Å². The molecule has 0 aromatic carbocycles. The van der Waals surface area contributed by atoms with E-state index in [0.29, 0.717) is 6.04 Å². The SMILES string of the molecule is CCNC(=NCCCN1CCCC1C(=O)N(C)C)NC1CCCCC1. The van der Waals surface area contributed by atoms with Crippen molar-refractivity contribution in [3.63, 3.8) is 0 Å². The van der Waals surface area contributed by atoms with Gasteiger partial charge in [0.25, 0.3) is 0 Å². The molecule has 0 aromatic rings. The topological polar surface area (TPSA) is 60.0 Å². The summed E-state index contributed by atoms with van der Waals surface area (Å²) in [6, 6.07) is 0.653. The average Bonchev–Trinajstić information content (AvgIpc) is 3.07. The average molecular weight is 352 g/mol. The number of hydrogen-bond acceptors (Lipinski definition) is 3. The van der Waals surface area contributed by atoms with Crippen LogP contribution in [0.5, 0.6) is 0 Å². The van der Waals surface area contributed by atoms with Gasteiger partial charge in [-0.2, -0.15) is 0 Å². The Morgan fingerprint density at radius 1 is 1.16 bits per heavy atom. The Balaban J connectivity index is 1.75. The summed E-state index contributed by atoms with van der Waals surface area (Å²) in [5.74, 6) is 1.20. The van der Waals surface area contributed by atoms with Gasteiger partial charge in [0.15, 0.2) is 5.96 Å². The second-order valence-corrected chi connectivity index (χ2v) is 7.52. The Labute approximate surface area is 153 Å². The van der Waals surface area contributed by atoms with Crippen molar-refractivity contribution in [3.05, 3.63) is 0 Å². The number of rotatable bonds is 7. The van der Waals surface area contributed by atoms with Crippen LogP contribution in [0.25, 0.3) is 0 Å². The fourth-order valence-electron chi connectivity index (χ4n) is 3.90. The Hall–Kier alpha value is -1.30. The van der Waals surface area contributed by atoms with E-state index in [0.717, 1.165) is 51.4 Å². The number of carbonyl (C=O) groups is 1. The van der Waals surface area contributed by atoms with Crippen LogP contribution in [-0.4, -0.2) is 74.0 Å². The summed E-state index contributed by atoms with van der Waals surface area (Å²) < 4.78 is 0. The first kappa shape index (κ1) is 20.0. The summed E-state index contributed by atoms with van der Waals surface area (Å²) in [7, 11) is 3.70. The predicted octanol–water partition coefficient (Wildman–Crippen LogP) is 1.82. The summed E-state index contributed by atoms with van der Waals surface area (Å²) >= 11 is 0. The number of nitrogens with one attached hydrogen (secondary N) is 2. The van der Waals surface area contributed by atoms with Gasteiger partial charge >= 0.3 is 0 Å². The molecule has 2 rings (SSSR count). The molecule has 1 aliphatic heterocycles. The van der Waals surface area contributed by atoms with Gasteiger partial charge in [-0.1, -0.05) is 19.3 Å². The first-order valence-corrected chi connectivity index (χ1v) is 10.1. The number of carbonyl (C=O) groups excluding carboxylic acids is 1. The Kier molecular flexibility index (Phi) is 8.52. The molecule has 2 N–H and O–H groups in total. The van der Waals surface area contributed by atoms with Gasteiger partial charge in [-0.3, -0.25) is 14.7 Å². The van der Waals surface area contributed by atoms with Crippen molar-refractivity contribution in [1.82, 2.24) is 20.4 Å². The van der Waals surface area contributed by atoms with Crippen molar-refractivity contribution in [3.8, 4) is 0 Å². The van der Waals surface area contributed by atoms with Crippen molar-refractivity contribution in [1.29, 1.82) is 0 Å². The third-order valence-corrected chi connectivity index (χ3v) is 5.25. The van der Waals surface area contributed by atoms with Crippen molar-refractivity contribution in [2.24, 2.45) is 4.99 Å². The second kappa shape index (κ2) is 10.6. The summed E-state index contributed by atoms with van der Waals surface area (Å²) in [4.78, 5) is 21.0. The summed E-state index contributed by atoms with van der Waals surface area (Å²) in [6.07, 6.45) is 9.65. The van der Waals surface area contributed by atoms with Crippen LogP contribution in [0.4, 0.5) is 0 Å². The highest BCUT2D eigenvalue weighted by molar-refractivity contribution is 5.81. The van der Waals surface area contributed by atoms with Gasteiger partial charge in [0.05, 0.1) is 6.04 Å². The molecule has 6 heteroatoms. The van der Waals surface area contributed by atoms with Gasteiger partial charge in [0.1, 0.15) is 0 Å². The molecule has 0 radical (unpaired) electrons. The van der Waals surface area contributed by atoms with Crippen LogP contribution in [0.15, 0.2) is 4.99 Å². The first-order chi connectivity index (χ1) is 12.1. The van der Waals surface area contributed by atoms with Crippen LogP contribution in [0.2, 0.25) is 0 Å². The third kappa shape index (κ3) is 6.49. The van der Waals surface area contributed by atoms with Crippen molar-refractivity contribution in [2.45, 2.75) is 70.4 Å². The van der Waals surface area contributed by atoms with E-state index < -0.39 is 0 Å². The van der Waals surface area contributed by atoms with Crippen molar-refractivity contribution < 1.29 is 4.79 Å². The molecule has 0 aromatic heterocycles. The van der Waals surface area contributed by atoms with E-state index in [1.54, 1.807) is 4.90 Å². The lowest BCUT2D eigenvalue weighted by molar-refractivity contribution is -0.133. The molecule has 1 atom stereocenters. The third-order valence-electron chi connectivity index (χ3n) is 5.25. The van der Waals surface area contributed by atoms with Crippen molar-refractivity contribution >= 4 is 11.9 Å². The maximum absolute atomic E-state index is 12.2. The number of likely N-dealkylation sites (N-methyl/N-ethyl adjacent to an activating group) is 1. The first-order valence-electron chi connectivity index (χ1n) is 10.1. The van der Waals surface area contributed by atoms with Crippen LogP contribution >= 0.6 is 0 Å². The zero-order valence-electron chi connectivity index (χ0n) is 16.4. The lowest BCUT2D eigenvalue weighted by atomic mass is 9.96. The van der Waals surface area contributed by atoms with Gasteiger partial charge in [-0.15, -0.1) is 0 Å². The number of nitrogens with zero attached hydrogens (tertiary/aromatic N) is 3. The van der Waals surface area contributed by atoms with E-state index >= 15 is 0 Å². The summed E-state index contributed by atoms with van der Waals surface area (Å²) in [5.41, 5.74) is 0. The number of likely N-dealkylation sites (tertiary alicyclic amines) is 1. The molecule has 144 valence electrons. The standard InChI is InChI=1S/C19H37N5O/c1-4-20-19(22-16-10-6-5-7-11-16)21-13-9-15-24-14-8-12-17(24)18(25)23(2)3/h16-17H,4-15H2,1-3H3,(H2,20,21,22). The Morgan fingerprint density at radius 2 is 1.92 bits per heavy atom. The number of hydrogen-bond donors (Lipinski definition) is 2. The quantitative estimate of drug-likeness (QED) is 0.417. The largest absolute Gasteiger partial charge is 0.357 e. The maximum Gasteiger partial charge on any atom is 0.239 e. The molecular formula is C19H37N5O. The zero-order chi connectivity index (χ0) is 18.1. The maximum atomic E-state index is 12.2. The normalized spacial score (nSPS) is 22.8.